The summed E-state index contributed by atoms with van der Waals surface area (Å²) in [7, 11) is 0. The van der Waals surface area contributed by atoms with Gasteiger partial charge in [-0.05, 0) is 37.1 Å². The highest BCUT2D eigenvalue weighted by atomic mass is 32.2. The molecule has 1 amide bonds. The van der Waals surface area contributed by atoms with Gasteiger partial charge < -0.3 is 15.4 Å². The summed E-state index contributed by atoms with van der Waals surface area (Å²) in [5, 5.41) is 13.1. The van der Waals surface area contributed by atoms with Gasteiger partial charge in [0.15, 0.2) is 5.16 Å². The number of aryl methyl sites for hydroxylation is 1. The number of phenolic OH excluding ortho intramolecular Hbond substituents is 1. The van der Waals surface area contributed by atoms with E-state index >= 15 is 0 Å². The number of phenols is 1. The lowest BCUT2D eigenvalue weighted by Crippen LogP contribution is -2.28. The lowest BCUT2D eigenvalue weighted by Gasteiger charge is -2.13. The first kappa shape index (κ1) is 19.0. The van der Waals surface area contributed by atoms with Crippen LogP contribution in [-0.4, -0.2) is 26.7 Å². The number of benzene rings is 2. The molecule has 3 N–H and O–H groups in total. The topological polar surface area (TPSA) is 78.0 Å². The van der Waals surface area contributed by atoms with Crippen molar-refractivity contribution in [2.24, 2.45) is 0 Å². The number of imidazole rings is 1. The number of aromatic nitrogens is 2. The van der Waals surface area contributed by atoms with Crippen molar-refractivity contribution in [3.63, 3.8) is 0 Å². The standard InChI is InChI=1S/C21H23N3O2S/c1-14(17-6-4-3-5-7-17)22-20(26)13-27-21-23-15(2)19(24-21)12-16-8-10-18(25)11-9-16/h3-11,14,25H,12-13H2,1-2H3,(H,22,26)(H,23,24)/t14-/m1/s1. The van der Waals surface area contributed by atoms with Crippen molar-refractivity contribution < 1.29 is 9.90 Å². The SMILES string of the molecule is Cc1[nH]c(SCC(=O)N[C@H](C)c2ccccc2)nc1Cc1ccc(O)cc1. The van der Waals surface area contributed by atoms with Gasteiger partial charge in [0.2, 0.25) is 5.91 Å². The van der Waals surface area contributed by atoms with Gasteiger partial charge in [0.05, 0.1) is 17.5 Å². The van der Waals surface area contributed by atoms with E-state index in [9.17, 15) is 9.90 Å². The number of amides is 1. The Morgan fingerprint density at radius 3 is 2.59 bits per heavy atom. The molecule has 0 aliphatic carbocycles. The van der Waals surface area contributed by atoms with Crippen molar-refractivity contribution in [2.45, 2.75) is 31.5 Å². The fraction of sp³-hybridized carbons (Fsp3) is 0.238. The second-order valence-corrected chi connectivity index (χ2v) is 7.41. The van der Waals surface area contributed by atoms with Gasteiger partial charge >= 0.3 is 0 Å². The van der Waals surface area contributed by atoms with E-state index in [0.717, 1.165) is 27.7 Å². The van der Waals surface area contributed by atoms with Gasteiger partial charge in [0.1, 0.15) is 5.75 Å². The molecule has 5 nitrogen and oxygen atoms in total. The number of hydrogen-bond donors (Lipinski definition) is 3. The summed E-state index contributed by atoms with van der Waals surface area (Å²) >= 11 is 1.40. The molecule has 27 heavy (non-hydrogen) atoms. The van der Waals surface area contributed by atoms with Gasteiger partial charge in [-0.25, -0.2) is 4.98 Å². The molecular weight excluding hydrogens is 358 g/mol. The van der Waals surface area contributed by atoms with E-state index in [1.165, 1.54) is 11.8 Å². The van der Waals surface area contributed by atoms with Crippen LogP contribution in [0.5, 0.6) is 5.75 Å². The first-order valence-electron chi connectivity index (χ1n) is 8.82. The number of hydrogen-bond acceptors (Lipinski definition) is 4. The smallest absolute Gasteiger partial charge is 0.230 e. The van der Waals surface area contributed by atoms with E-state index in [-0.39, 0.29) is 17.7 Å². The quantitative estimate of drug-likeness (QED) is 0.541. The molecule has 2 aromatic carbocycles. The Kier molecular flexibility index (Phi) is 6.19. The van der Waals surface area contributed by atoms with Crippen molar-refractivity contribution in [3.8, 4) is 5.75 Å². The first-order valence-corrected chi connectivity index (χ1v) is 9.80. The van der Waals surface area contributed by atoms with E-state index < -0.39 is 0 Å². The van der Waals surface area contributed by atoms with Crippen LogP contribution in [0.1, 0.15) is 35.5 Å². The maximum Gasteiger partial charge on any atom is 0.230 e. The molecule has 0 unspecified atom stereocenters. The summed E-state index contributed by atoms with van der Waals surface area (Å²) in [6, 6.07) is 17.0. The average molecular weight is 382 g/mol. The van der Waals surface area contributed by atoms with Crippen LogP contribution >= 0.6 is 11.8 Å². The Morgan fingerprint density at radius 2 is 1.89 bits per heavy atom. The molecular formula is C21H23N3O2S. The van der Waals surface area contributed by atoms with Gasteiger partial charge in [-0.1, -0.05) is 54.2 Å². The van der Waals surface area contributed by atoms with Crippen LogP contribution in [0.4, 0.5) is 0 Å². The third-order valence-corrected chi connectivity index (χ3v) is 5.16. The molecule has 3 aromatic rings. The fourth-order valence-corrected chi connectivity index (χ4v) is 3.51. The Bertz CT molecular complexity index is 892. The number of rotatable bonds is 7. The summed E-state index contributed by atoms with van der Waals surface area (Å²) in [5.41, 5.74) is 4.10. The highest BCUT2D eigenvalue weighted by Crippen LogP contribution is 2.20. The summed E-state index contributed by atoms with van der Waals surface area (Å²) in [4.78, 5) is 20.1. The monoisotopic (exact) mass is 381 g/mol. The Labute approximate surface area is 163 Å². The minimum atomic E-state index is -0.0253. The van der Waals surface area contributed by atoms with Crippen LogP contribution < -0.4 is 5.32 Å². The molecule has 6 heteroatoms. The predicted octanol–water partition coefficient (Wildman–Crippen LogP) is 3.98. The van der Waals surface area contributed by atoms with Crippen LogP contribution in [0.2, 0.25) is 0 Å². The van der Waals surface area contributed by atoms with Crippen molar-refractivity contribution in [2.75, 3.05) is 5.75 Å². The number of carbonyl (C=O) groups excluding carboxylic acids is 1. The lowest BCUT2D eigenvalue weighted by molar-refractivity contribution is -0.119. The van der Waals surface area contributed by atoms with Gasteiger partial charge in [-0.15, -0.1) is 0 Å². The molecule has 1 heterocycles. The third-order valence-electron chi connectivity index (χ3n) is 4.29. The second kappa shape index (κ2) is 8.77. The van der Waals surface area contributed by atoms with Gasteiger partial charge in [0, 0.05) is 12.1 Å². The molecule has 0 aliphatic heterocycles. The minimum absolute atomic E-state index is 0.0227. The maximum atomic E-state index is 12.2. The van der Waals surface area contributed by atoms with E-state index in [4.69, 9.17) is 0 Å². The predicted molar refractivity (Wildman–Crippen MR) is 108 cm³/mol. The van der Waals surface area contributed by atoms with Gasteiger partial charge in [-0.2, -0.15) is 0 Å². The number of nitrogens with one attached hydrogen (secondary N) is 2. The molecule has 1 atom stereocenters. The van der Waals surface area contributed by atoms with Gasteiger partial charge in [-0.3, -0.25) is 4.79 Å². The Balaban J connectivity index is 1.53. The molecule has 140 valence electrons. The first-order chi connectivity index (χ1) is 13.0. The molecule has 0 bridgehead atoms. The maximum absolute atomic E-state index is 12.2. The van der Waals surface area contributed by atoms with Crippen LogP contribution in [0.3, 0.4) is 0 Å². The lowest BCUT2D eigenvalue weighted by atomic mass is 10.1. The van der Waals surface area contributed by atoms with Crippen LogP contribution in [0.15, 0.2) is 59.8 Å². The number of carbonyl (C=O) groups is 1. The minimum Gasteiger partial charge on any atom is -0.508 e. The molecule has 0 spiro atoms. The third kappa shape index (κ3) is 5.37. The molecule has 3 rings (SSSR count). The number of H-pyrrole nitrogens is 1. The Hall–Kier alpha value is -2.73. The van der Waals surface area contributed by atoms with Crippen molar-refractivity contribution >= 4 is 17.7 Å². The van der Waals surface area contributed by atoms with Crippen LogP contribution in [-0.2, 0) is 11.2 Å². The molecule has 0 saturated carbocycles. The molecule has 0 radical (unpaired) electrons. The highest BCUT2D eigenvalue weighted by Gasteiger charge is 2.12. The molecule has 0 saturated heterocycles. The second-order valence-electron chi connectivity index (χ2n) is 6.45. The summed E-state index contributed by atoms with van der Waals surface area (Å²) in [6.07, 6.45) is 0.681. The van der Waals surface area contributed by atoms with Crippen LogP contribution in [0.25, 0.3) is 0 Å². The van der Waals surface area contributed by atoms with Crippen molar-refractivity contribution in [1.29, 1.82) is 0 Å². The van der Waals surface area contributed by atoms with Crippen molar-refractivity contribution in [3.05, 3.63) is 77.1 Å². The number of thioether (sulfide) groups is 1. The number of aromatic amines is 1. The summed E-state index contributed by atoms with van der Waals surface area (Å²) < 4.78 is 0. The zero-order valence-electron chi connectivity index (χ0n) is 15.4. The molecule has 0 fully saturated rings. The zero-order valence-corrected chi connectivity index (χ0v) is 16.2. The Morgan fingerprint density at radius 1 is 1.19 bits per heavy atom. The van der Waals surface area contributed by atoms with E-state index in [1.54, 1.807) is 12.1 Å². The van der Waals surface area contributed by atoms with Gasteiger partial charge in [0.25, 0.3) is 0 Å². The highest BCUT2D eigenvalue weighted by molar-refractivity contribution is 7.99. The molecule has 0 aliphatic rings. The van der Waals surface area contributed by atoms with Crippen molar-refractivity contribution in [1.82, 2.24) is 15.3 Å². The summed E-state index contributed by atoms with van der Waals surface area (Å²) in [6.45, 7) is 3.95. The van der Waals surface area contributed by atoms with E-state index in [0.29, 0.717) is 12.2 Å². The normalized spacial score (nSPS) is 11.9. The zero-order chi connectivity index (χ0) is 19.2. The number of nitrogens with zero attached hydrogens (tertiary/aromatic N) is 1. The van der Waals surface area contributed by atoms with E-state index in [1.807, 2.05) is 56.3 Å². The summed E-state index contributed by atoms with van der Waals surface area (Å²) in [5.74, 6) is 0.540. The van der Waals surface area contributed by atoms with Crippen LogP contribution in [0, 0.1) is 6.92 Å². The fourth-order valence-electron chi connectivity index (χ4n) is 2.76. The largest absolute Gasteiger partial charge is 0.508 e. The molecule has 1 aromatic heterocycles. The number of aromatic hydroxyl groups is 1. The average Bonchev–Trinajstić information content (AvgIpc) is 3.02. The van der Waals surface area contributed by atoms with E-state index in [2.05, 4.69) is 15.3 Å².